The van der Waals surface area contributed by atoms with Gasteiger partial charge in [0.25, 0.3) is 0 Å². The van der Waals surface area contributed by atoms with E-state index in [1.54, 1.807) is 18.7 Å². The number of hydrogen-bond acceptors (Lipinski definition) is 7. The first-order chi connectivity index (χ1) is 14.6. The number of imidazole rings is 1. The number of anilines is 2. The first kappa shape index (κ1) is 19.7. The molecule has 1 atom stereocenters. The van der Waals surface area contributed by atoms with Crippen LogP contribution in [0.2, 0.25) is 0 Å². The molecule has 1 aromatic carbocycles. The average Bonchev–Trinajstić information content (AvgIpc) is 3.42. The number of nitrogens with zero attached hydrogens (tertiary/aromatic N) is 6. The molecule has 0 saturated carbocycles. The molecule has 0 fully saturated rings. The van der Waals surface area contributed by atoms with E-state index < -0.39 is 6.04 Å². The van der Waals surface area contributed by atoms with Crippen molar-refractivity contribution in [2.75, 3.05) is 17.3 Å². The third kappa shape index (κ3) is 4.52. The van der Waals surface area contributed by atoms with Crippen molar-refractivity contribution in [2.45, 2.75) is 12.5 Å². The number of amides is 1. The van der Waals surface area contributed by atoms with E-state index in [1.807, 2.05) is 72.2 Å². The molecule has 8 nitrogen and oxygen atoms in total. The fourth-order valence-corrected chi connectivity index (χ4v) is 3.81. The number of rotatable bonds is 7. The molecule has 0 aliphatic carbocycles. The zero-order chi connectivity index (χ0) is 20.9. The second-order valence-corrected chi connectivity index (χ2v) is 7.83. The topological polar surface area (TPSA) is 88.8 Å². The molecule has 1 amide bonds. The van der Waals surface area contributed by atoms with Crippen molar-refractivity contribution in [3.8, 4) is 10.6 Å². The lowest BCUT2D eigenvalue weighted by Gasteiger charge is -2.27. The third-order valence-electron chi connectivity index (χ3n) is 4.68. The van der Waals surface area contributed by atoms with Gasteiger partial charge in [0.05, 0.1) is 6.33 Å². The number of nitrogens with one attached hydrogen (secondary N) is 1. The van der Waals surface area contributed by atoms with Gasteiger partial charge in [-0.1, -0.05) is 41.7 Å². The minimum atomic E-state index is -0.462. The second-order valence-electron chi connectivity index (χ2n) is 6.85. The quantitative estimate of drug-likeness (QED) is 0.495. The lowest BCUT2D eigenvalue weighted by molar-refractivity contribution is -0.117. The molecule has 0 saturated heterocycles. The van der Waals surface area contributed by atoms with Crippen molar-refractivity contribution in [1.82, 2.24) is 24.7 Å². The van der Waals surface area contributed by atoms with Crippen LogP contribution in [0.1, 0.15) is 5.56 Å². The number of pyridine rings is 1. The Morgan fingerprint density at radius 3 is 2.63 bits per heavy atom. The Balaban J connectivity index is 1.55. The number of aromatic nitrogens is 5. The Kier molecular flexibility index (Phi) is 5.80. The molecule has 0 bridgehead atoms. The minimum absolute atomic E-state index is 0.163. The summed E-state index contributed by atoms with van der Waals surface area (Å²) in [6, 6.07) is 13.2. The van der Waals surface area contributed by atoms with Gasteiger partial charge in [0.1, 0.15) is 16.9 Å². The molecule has 0 unspecified atom stereocenters. The SMILES string of the molecule is CN(c1cn(C)cn1)[C@@H](Cc1ccccc1)C(=O)Nc1nnc(-c2ccncc2)s1. The van der Waals surface area contributed by atoms with Crippen molar-refractivity contribution in [3.63, 3.8) is 0 Å². The van der Waals surface area contributed by atoms with Gasteiger partial charge >= 0.3 is 0 Å². The van der Waals surface area contributed by atoms with E-state index in [1.165, 1.54) is 11.3 Å². The van der Waals surface area contributed by atoms with Crippen LogP contribution in [0.3, 0.4) is 0 Å². The summed E-state index contributed by atoms with van der Waals surface area (Å²) in [4.78, 5) is 23.5. The number of aryl methyl sites for hydroxylation is 1. The number of carbonyl (C=O) groups is 1. The van der Waals surface area contributed by atoms with Crippen LogP contribution in [0.4, 0.5) is 10.9 Å². The molecule has 3 heterocycles. The van der Waals surface area contributed by atoms with Crippen molar-refractivity contribution in [1.29, 1.82) is 0 Å². The lowest BCUT2D eigenvalue weighted by atomic mass is 10.0. The van der Waals surface area contributed by atoms with Crippen molar-refractivity contribution in [3.05, 3.63) is 72.9 Å². The fourth-order valence-electron chi connectivity index (χ4n) is 3.06. The molecule has 0 spiro atoms. The van der Waals surface area contributed by atoms with Gasteiger partial charge in [-0.05, 0) is 17.7 Å². The molecule has 30 heavy (non-hydrogen) atoms. The van der Waals surface area contributed by atoms with Gasteiger partial charge in [-0.15, -0.1) is 10.2 Å². The summed E-state index contributed by atoms with van der Waals surface area (Å²) < 4.78 is 1.86. The summed E-state index contributed by atoms with van der Waals surface area (Å²) in [5.41, 5.74) is 1.98. The number of hydrogen-bond donors (Lipinski definition) is 1. The zero-order valence-corrected chi connectivity index (χ0v) is 17.5. The van der Waals surface area contributed by atoms with Gasteiger partial charge in [-0.2, -0.15) is 0 Å². The molecule has 3 aromatic heterocycles. The summed E-state index contributed by atoms with van der Waals surface area (Å²) in [5.74, 6) is 0.563. The molecule has 0 radical (unpaired) electrons. The van der Waals surface area contributed by atoms with Gasteiger partial charge in [-0.25, -0.2) is 4.98 Å². The first-order valence-electron chi connectivity index (χ1n) is 9.39. The molecular weight excluding hydrogens is 398 g/mol. The van der Waals surface area contributed by atoms with Gasteiger partial charge in [0, 0.05) is 44.7 Å². The van der Waals surface area contributed by atoms with Gasteiger partial charge in [0.15, 0.2) is 0 Å². The van der Waals surface area contributed by atoms with E-state index in [0.717, 1.165) is 22.0 Å². The Hall–Kier alpha value is -3.59. The Bertz CT molecular complexity index is 1110. The monoisotopic (exact) mass is 419 g/mol. The molecule has 0 aliphatic heterocycles. The van der Waals surface area contributed by atoms with Crippen LogP contribution >= 0.6 is 11.3 Å². The molecule has 0 aliphatic rings. The van der Waals surface area contributed by atoms with E-state index in [9.17, 15) is 4.79 Å². The number of benzene rings is 1. The van der Waals surface area contributed by atoms with E-state index in [0.29, 0.717) is 11.6 Å². The van der Waals surface area contributed by atoms with Crippen LogP contribution in [0.5, 0.6) is 0 Å². The molecule has 4 aromatic rings. The average molecular weight is 420 g/mol. The largest absolute Gasteiger partial charge is 0.346 e. The summed E-state index contributed by atoms with van der Waals surface area (Å²) in [5, 5.41) is 12.4. The van der Waals surface area contributed by atoms with E-state index in [2.05, 4.69) is 25.5 Å². The standard InChI is InChI=1S/C21H21N7OS/c1-27-13-18(23-14-27)28(2)17(12-15-6-4-3-5-7-15)19(29)24-21-26-25-20(30-21)16-8-10-22-11-9-16/h3-11,13-14,17H,12H2,1-2H3,(H,24,26,29)/t17-/m0/s1. The summed E-state index contributed by atoms with van der Waals surface area (Å²) >= 11 is 1.33. The number of carbonyl (C=O) groups excluding carboxylic acids is 1. The normalized spacial score (nSPS) is 11.8. The number of likely N-dealkylation sites (N-methyl/N-ethyl adjacent to an activating group) is 1. The fraction of sp³-hybridized carbons (Fsp3) is 0.190. The van der Waals surface area contributed by atoms with Crippen LogP contribution in [0, 0.1) is 0 Å². The Morgan fingerprint density at radius 1 is 1.17 bits per heavy atom. The van der Waals surface area contributed by atoms with E-state index in [4.69, 9.17) is 0 Å². The van der Waals surface area contributed by atoms with Gasteiger partial charge in [0.2, 0.25) is 11.0 Å². The first-order valence-corrected chi connectivity index (χ1v) is 10.2. The highest BCUT2D eigenvalue weighted by Crippen LogP contribution is 2.26. The van der Waals surface area contributed by atoms with Crippen LogP contribution in [0.25, 0.3) is 10.6 Å². The Morgan fingerprint density at radius 2 is 1.93 bits per heavy atom. The van der Waals surface area contributed by atoms with Gasteiger partial charge in [-0.3, -0.25) is 15.1 Å². The van der Waals surface area contributed by atoms with Crippen LogP contribution < -0.4 is 10.2 Å². The lowest BCUT2D eigenvalue weighted by Crippen LogP contribution is -2.43. The van der Waals surface area contributed by atoms with Crippen LogP contribution in [0.15, 0.2) is 67.4 Å². The van der Waals surface area contributed by atoms with Crippen molar-refractivity contribution >= 4 is 28.2 Å². The van der Waals surface area contributed by atoms with Crippen molar-refractivity contribution < 1.29 is 4.79 Å². The highest BCUT2D eigenvalue weighted by Gasteiger charge is 2.26. The van der Waals surface area contributed by atoms with Gasteiger partial charge < -0.3 is 9.47 Å². The predicted octanol–water partition coefficient (Wildman–Crippen LogP) is 3.02. The maximum Gasteiger partial charge on any atom is 0.249 e. The third-order valence-corrected chi connectivity index (χ3v) is 5.56. The molecule has 9 heteroatoms. The summed E-state index contributed by atoms with van der Waals surface area (Å²) in [7, 11) is 3.77. The predicted molar refractivity (Wildman–Crippen MR) is 117 cm³/mol. The Labute approximate surface area is 178 Å². The minimum Gasteiger partial charge on any atom is -0.346 e. The second kappa shape index (κ2) is 8.83. The highest BCUT2D eigenvalue weighted by molar-refractivity contribution is 7.18. The summed E-state index contributed by atoms with van der Waals surface area (Å²) in [6.07, 6.45) is 7.54. The van der Waals surface area contributed by atoms with Crippen molar-refractivity contribution in [2.24, 2.45) is 7.05 Å². The van der Waals surface area contributed by atoms with E-state index in [-0.39, 0.29) is 5.91 Å². The molecule has 4 rings (SSSR count). The summed E-state index contributed by atoms with van der Waals surface area (Å²) in [6.45, 7) is 0. The molecular formula is C21H21N7OS. The maximum absolute atomic E-state index is 13.2. The van der Waals surface area contributed by atoms with Crippen LogP contribution in [-0.4, -0.2) is 43.7 Å². The van der Waals surface area contributed by atoms with Crippen LogP contribution in [-0.2, 0) is 18.3 Å². The zero-order valence-electron chi connectivity index (χ0n) is 16.6. The highest BCUT2D eigenvalue weighted by atomic mass is 32.1. The molecule has 152 valence electrons. The molecule has 1 N–H and O–H groups in total. The smallest absolute Gasteiger partial charge is 0.249 e. The maximum atomic E-state index is 13.2. The van der Waals surface area contributed by atoms with E-state index >= 15 is 0 Å².